The van der Waals surface area contributed by atoms with Crippen LogP contribution in [0.5, 0.6) is 5.75 Å². The third-order valence-corrected chi connectivity index (χ3v) is 5.92. The predicted octanol–water partition coefficient (Wildman–Crippen LogP) is 6.06. The maximum Gasteiger partial charge on any atom is 0.340 e. The maximum absolute atomic E-state index is 12.9. The minimum atomic E-state index is -0.622. The lowest BCUT2D eigenvalue weighted by Gasteiger charge is -2.19. The van der Waals surface area contributed by atoms with Crippen LogP contribution in [0.15, 0.2) is 72.8 Å². The molecular weight excluding hydrogens is 442 g/mol. The number of carbonyl (C=O) groups is 2. The number of benzene rings is 4. The molecule has 0 saturated heterocycles. The lowest BCUT2D eigenvalue weighted by atomic mass is 9.96. The van der Waals surface area contributed by atoms with E-state index < -0.39 is 11.9 Å². The highest BCUT2D eigenvalue weighted by Gasteiger charge is 2.25. The van der Waals surface area contributed by atoms with E-state index in [0.29, 0.717) is 12.1 Å². The Morgan fingerprint density at radius 3 is 2.23 bits per heavy atom. The number of ether oxygens (including phenoxy) is 3. The molecule has 1 N–H and O–H groups in total. The van der Waals surface area contributed by atoms with E-state index in [4.69, 9.17) is 14.2 Å². The molecule has 6 nitrogen and oxygen atoms in total. The molecule has 4 aromatic carbocycles. The third-order valence-electron chi connectivity index (χ3n) is 5.92. The summed E-state index contributed by atoms with van der Waals surface area (Å²) in [5, 5.41) is 5.06. The second-order valence-corrected chi connectivity index (χ2v) is 8.19. The number of nitrogens with one attached hydrogen (secondary N) is 1. The van der Waals surface area contributed by atoms with Crippen LogP contribution in [0.2, 0.25) is 0 Å². The van der Waals surface area contributed by atoms with Crippen molar-refractivity contribution >= 4 is 34.1 Å². The number of carbonyl (C=O) groups excluding carboxylic acids is 2. The molecule has 0 radical (unpaired) electrons. The van der Waals surface area contributed by atoms with Gasteiger partial charge in [-0.05, 0) is 59.7 Å². The Morgan fingerprint density at radius 2 is 1.54 bits per heavy atom. The maximum atomic E-state index is 12.9. The number of methoxy groups -OCH3 is 3. The Labute approximate surface area is 204 Å². The van der Waals surface area contributed by atoms with E-state index >= 15 is 0 Å². The summed E-state index contributed by atoms with van der Waals surface area (Å²) in [6.45, 7) is 2.01. The van der Waals surface area contributed by atoms with E-state index in [2.05, 4.69) is 11.4 Å². The lowest BCUT2D eigenvalue weighted by Crippen LogP contribution is -2.15. The van der Waals surface area contributed by atoms with Crippen molar-refractivity contribution in [2.24, 2.45) is 0 Å². The molecule has 0 aromatic heterocycles. The second-order valence-electron chi connectivity index (χ2n) is 8.19. The number of rotatable bonds is 7. The highest BCUT2D eigenvalue weighted by molar-refractivity contribution is 6.15. The smallest absolute Gasteiger partial charge is 0.340 e. The number of fused-ring (bicyclic) bond motifs is 1. The minimum absolute atomic E-state index is 0.134. The molecule has 35 heavy (non-hydrogen) atoms. The predicted molar refractivity (Wildman–Crippen MR) is 137 cm³/mol. The average Bonchev–Trinajstić information content (AvgIpc) is 2.89. The van der Waals surface area contributed by atoms with Gasteiger partial charge in [-0.1, -0.05) is 48.5 Å². The van der Waals surface area contributed by atoms with Crippen LogP contribution in [0.1, 0.15) is 37.4 Å². The van der Waals surface area contributed by atoms with Crippen molar-refractivity contribution in [3.05, 3.63) is 101 Å². The number of anilines is 2. The largest absolute Gasteiger partial charge is 0.497 e. The minimum Gasteiger partial charge on any atom is -0.497 e. The van der Waals surface area contributed by atoms with Crippen molar-refractivity contribution in [1.82, 2.24) is 0 Å². The van der Waals surface area contributed by atoms with Crippen molar-refractivity contribution in [1.29, 1.82) is 0 Å². The molecule has 4 rings (SSSR count). The standard InChI is InChI=1S/C29H27NO5/c1-18-9-12-21(16-19-10-13-22(33-2)14-11-19)25(15-18)30-27-23-8-6-5-7-20(23)17-24(28(31)34-3)26(27)29(32)35-4/h5-15,17,30H,16H2,1-4H3. The Hall–Kier alpha value is -4.32. The van der Waals surface area contributed by atoms with Crippen LogP contribution in [0.4, 0.5) is 11.4 Å². The quantitative estimate of drug-likeness (QED) is 0.332. The van der Waals surface area contributed by atoms with Gasteiger partial charge in [0.05, 0.1) is 38.1 Å². The molecule has 0 bridgehead atoms. The monoisotopic (exact) mass is 469 g/mol. The Balaban J connectivity index is 1.88. The number of hydrogen-bond acceptors (Lipinski definition) is 6. The molecule has 178 valence electrons. The fraction of sp³-hybridized carbons (Fsp3) is 0.172. The lowest BCUT2D eigenvalue weighted by molar-refractivity contribution is 0.0556. The van der Waals surface area contributed by atoms with Crippen molar-refractivity contribution in [2.75, 3.05) is 26.6 Å². The summed E-state index contributed by atoms with van der Waals surface area (Å²) in [5.74, 6) is -0.435. The van der Waals surface area contributed by atoms with E-state index in [1.54, 1.807) is 13.2 Å². The van der Waals surface area contributed by atoms with Crippen LogP contribution in [0.3, 0.4) is 0 Å². The van der Waals surface area contributed by atoms with E-state index in [1.165, 1.54) is 14.2 Å². The molecule has 0 atom stereocenters. The van der Waals surface area contributed by atoms with Crippen LogP contribution in [0, 0.1) is 6.92 Å². The van der Waals surface area contributed by atoms with Gasteiger partial charge in [0.2, 0.25) is 0 Å². The average molecular weight is 470 g/mol. The van der Waals surface area contributed by atoms with Crippen LogP contribution in [-0.2, 0) is 15.9 Å². The third kappa shape index (κ3) is 4.96. The topological polar surface area (TPSA) is 73.9 Å². The first kappa shape index (κ1) is 23.8. The summed E-state index contributed by atoms with van der Waals surface area (Å²) in [5.41, 5.74) is 4.80. The molecule has 0 spiro atoms. The summed E-state index contributed by atoms with van der Waals surface area (Å²) < 4.78 is 15.3. The molecule has 0 fully saturated rings. The van der Waals surface area contributed by atoms with Crippen molar-refractivity contribution in [3.63, 3.8) is 0 Å². The fourth-order valence-electron chi connectivity index (χ4n) is 4.12. The van der Waals surface area contributed by atoms with Gasteiger partial charge < -0.3 is 19.5 Å². The summed E-state index contributed by atoms with van der Waals surface area (Å²) in [6, 6.07) is 23.3. The molecule has 0 amide bonds. The van der Waals surface area contributed by atoms with Crippen molar-refractivity contribution in [3.8, 4) is 5.75 Å². The number of hydrogen-bond donors (Lipinski definition) is 1. The van der Waals surface area contributed by atoms with Gasteiger partial charge in [-0.15, -0.1) is 0 Å². The van der Waals surface area contributed by atoms with Crippen LogP contribution in [-0.4, -0.2) is 33.3 Å². The molecule has 0 heterocycles. The molecule has 0 unspecified atom stereocenters. The molecule has 4 aromatic rings. The fourth-order valence-corrected chi connectivity index (χ4v) is 4.12. The van der Waals surface area contributed by atoms with Crippen LogP contribution < -0.4 is 10.1 Å². The highest BCUT2D eigenvalue weighted by atomic mass is 16.5. The summed E-state index contributed by atoms with van der Waals surface area (Å²) in [6.07, 6.45) is 0.661. The van der Waals surface area contributed by atoms with Gasteiger partial charge in [-0.3, -0.25) is 0 Å². The Bertz CT molecular complexity index is 1390. The van der Waals surface area contributed by atoms with Gasteiger partial charge in [0, 0.05) is 11.1 Å². The molecule has 0 aliphatic rings. The number of aryl methyl sites for hydroxylation is 1. The van der Waals surface area contributed by atoms with Gasteiger partial charge >= 0.3 is 11.9 Å². The Morgan fingerprint density at radius 1 is 0.829 bits per heavy atom. The number of esters is 2. The summed E-state index contributed by atoms with van der Waals surface area (Å²) in [7, 11) is 4.23. The summed E-state index contributed by atoms with van der Waals surface area (Å²) >= 11 is 0. The normalized spacial score (nSPS) is 10.6. The molecule has 0 aliphatic heterocycles. The van der Waals surface area contributed by atoms with Gasteiger partial charge in [0.25, 0.3) is 0 Å². The van der Waals surface area contributed by atoms with E-state index in [9.17, 15) is 9.59 Å². The summed E-state index contributed by atoms with van der Waals surface area (Å²) in [4.78, 5) is 25.6. The van der Waals surface area contributed by atoms with E-state index in [0.717, 1.165) is 38.9 Å². The first-order valence-corrected chi connectivity index (χ1v) is 11.2. The van der Waals surface area contributed by atoms with E-state index in [1.807, 2.05) is 67.6 Å². The van der Waals surface area contributed by atoms with Gasteiger partial charge in [-0.2, -0.15) is 0 Å². The molecular formula is C29H27NO5. The van der Waals surface area contributed by atoms with Crippen molar-refractivity contribution in [2.45, 2.75) is 13.3 Å². The second kappa shape index (κ2) is 10.3. The van der Waals surface area contributed by atoms with Crippen LogP contribution >= 0.6 is 0 Å². The van der Waals surface area contributed by atoms with Crippen LogP contribution in [0.25, 0.3) is 10.8 Å². The van der Waals surface area contributed by atoms with Gasteiger partial charge in [-0.25, -0.2) is 9.59 Å². The highest BCUT2D eigenvalue weighted by Crippen LogP contribution is 2.36. The Kier molecular flexibility index (Phi) is 7.01. The molecule has 0 saturated carbocycles. The SMILES string of the molecule is COC(=O)c1cc2ccccc2c(Nc2cc(C)ccc2Cc2ccc(OC)cc2)c1C(=O)OC. The molecule has 0 aliphatic carbocycles. The zero-order valence-electron chi connectivity index (χ0n) is 20.2. The van der Waals surface area contributed by atoms with E-state index in [-0.39, 0.29) is 11.1 Å². The van der Waals surface area contributed by atoms with Gasteiger partial charge in [0.1, 0.15) is 5.75 Å². The zero-order chi connectivity index (χ0) is 24.9. The first-order chi connectivity index (χ1) is 16.9. The first-order valence-electron chi connectivity index (χ1n) is 11.2. The molecule has 6 heteroatoms. The van der Waals surface area contributed by atoms with Gasteiger partial charge in [0.15, 0.2) is 0 Å². The zero-order valence-corrected chi connectivity index (χ0v) is 20.2. The van der Waals surface area contributed by atoms with Crippen molar-refractivity contribution < 1.29 is 23.8 Å².